The normalized spacial score (nSPS) is 10.5. The Morgan fingerprint density at radius 1 is 1.22 bits per heavy atom. The molecule has 0 aliphatic heterocycles. The minimum absolute atomic E-state index is 0.139. The van der Waals surface area contributed by atoms with E-state index in [9.17, 15) is 4.79 Å². The van der Waals surface area contributed by atoms with E-state index in [2.05, 4.69) is 10.4 Å². The molecule has 0 aliphatic carbocycles. The Bertz CT molecular complexity index is 713. The van der Waals surface area contributed by atoms with Crippen LogP contribution in [-0.4, -0.2) is 29.9 Å². The maximum Gasteiger partial charge on any atom is 0.226 e. The van der Waals surface area contributed by atoms with Crippen LogP contribution in [0.1, 0.15) is 17.8 Å². The van der Waals surface area contributed by atoms with Crippen LogP contribution in [0, 0.1) is 13.8 Å². The fourth-order valence-electron chi connectivity index (χ4n) is 2.28. The summed E-state index contributed by atoms with van der Waals surface area (Å²) in [5.74, 6) is 0.816. The van der Waals surface area contributed by atoms with Gasteiger partial charge in [0, 0.05) is 30.8 Å². The van der Waals surface area contributed by atoms with Gasteiger partial charge in [-0.2, -0.15) is 5.10 Å². The molecular formula is C16H20ClN3O3. The minimum Gasteiger partial charge on any atom is -0.495 e. The van der Waals surface area contributed by atoms with Crippen LogP contribution in [0.4, 0.5) is 5.69 Å². The van der Waals surface area contributed by atoms with Crippen LogP contribution in [0.25, 0.3) is 0 Å². The number of amides is 1. The summed E-state index contributed by atoms with van der Waals surface area (Å²) in [4.78, 5) is 12.2. The van der Waals surface area contributed by atoms with Gasteiger partial charge in [0.25, 0.3) is 0 Å². The van der Waals surface area contributed by atoms with Crippen molar-refractivity contribution >= 4 is 23.2 Å². The van der Waals surface area contributed by atoms with Crippen molar-refractivity contribution in [3.05, 3.63) is 34.6 Å². The van der Waals surface area contributed by atoms with E-state index in [-0.39, 0.29) is 5.91 Å². The number of benzene rings is 1. The van der Waals surface area contributed by atoms with Crippen molar-refractivity contribution in [2.75, 3.05) is 19.5 Å². The van der Waals surface area contributed by atoms with E-state index in [1.165, 1.54) is 14.2 Å². The van der Waals surface area contributed by atoms with Crippen molar-refractivity contribution in [1.82, 2.24) is 9.78 Å². The number of halogens is 1. The lowest BCUT2D eigenvalue weighted by Gasteiger charge is -2.13. The molecule has 124 valence electrons. The van der Waals surface area contributed by atoms with Gasteiger partial charge in [-0.1, -0.05) is 11.6 Å². The second kappa shape index (κ2) is 7.37. The summed E-state index contributed by atoms with van der Waals surface area (Å²) in [5.41, 5.74) is 2.49. The number of carbonyl (C=O) groups is 1. The standard InChI is InChI=1S/C16H20ClN3O3/c1-10-7-11(2)20(19-10)6-5-16(21)18-13-9-14(22-3)12(17)8-15(13)23-4/h7-9H,5-6H2,1-4H3,(H,18,21). The molecule has 0 atom stereocenters. The monoisotopic (exact) mass is 337 g/mol. The molecule has 0 saturated carbocycles. The van der Waals surface area contributed by atoms with Crippen LogP contribution >= 0.6 is 11.6 Å². The summed E-state index contributed by atoms with van der Waals surface area (Å²) < 4.78 is 12.2. The van der Waals surface area contributed by atoms with E-state index in [4.69, 9.17) is 21.1 Å². The number of carbonyl (C=O) groups excluding carboxylic acids is 1. The van der Waals surface area contributed by atoms with Crippen LogP contribution in [0.2, 0.25) is 5.02 Å². The number of anilines is 1. The number of hydrogen-bond donors (Lipinski definition) is 1. The van der Waals surface area contributed by atoms with Crippen molar-refractivity contribution in [2.45, 2.75) is 26.8 Å². The molecule has 0 saturated heterocycles. The van der Waals surface area contributed by atoms with Gasteiger partial charge < -0.3 is 14.8 Å². The van der Waals surface area contributed by atoms with E-state index >= 15 is 0 Å². The molecule has 0 aliphatic rings. The van der Waals surface area contributed by atoms with Crippen LogP contribution in [-0.2, 0) is 11.3 Å². The van der Waals surface area contributed by atoms with Crippen LogP contribution < -0.4 is 14.8 Å². The van der Waals surface area contributed by atoms with E-state index < -0.39 is 0 Å². The van der Waals surface area contributed by atoms with Crippen molar-refractivity contribution in [1.29, 1.82) is 0 Å². The van der Waals surface area contributed by atoms with Crippen LogP contribution in [0.3, 0.4) is 0 Å². The quantitative estimate of drug-likeness (QED) is 0.879. The number of rotatable bonds is 6. The maximum atomic E-state index is 12.2. The molecule has 1 heterocycles. The Morgan fingerprint density at radius 3 is 2.48 bits per heavy atom. The molecule has 0 radical (unpaired) electrons. The predicted molar refractivity (Wildman–Crippen MR) is 89.5 cm³/mol. The van der Waals surface area contributed by atoms with E-state index in [0.717, 1.165) is 11.4 Å². The highest BCUT2D eigenvalue weighted by atomic mass is 35.5. The Balaban J connectivity index is 2.06. The minimum atomic E-state index is -0.139. The number of ether oxygens (including phenoxy) is 2. The molecule has 23 heavy (non-hydrogen) atoms. The number of methoxy groups -OCH3 is 2. The number of nitrogens with one attached hydrogen (secondary N) is 1. The maximum absolute atomic E-state index is 12.2. The van der Waals surface area contributed by atoms with E-state index in [1.807, 2.05) is 24.6 Å². The molecule has 0 spiro atoms. The Hall–Kier alpha value is -2.21. The van der Waals surface area contributed by atoms with E-state index in [0.29, 0.717) is 35.2 Å². The summed E-state index contributed by atoms with van der Waals surface area (Å²) in [6, 6.07) is 5.23. The first-order valence-corrected chi connectivity index (χ1v) is 7.54. The third kappa shape index (κ3) is 4.16. The summed E-state index contributed by atoms with van der Waals surface area (Å²) in [5, 5.41) is 7.57. The molecule has 0 unspecified atom stereocenters. The number of aromatic nitrogens is 2. The predicted octanol–water partition coefficient (Wildman–Crippen LogP) is 3.20. The molecule has 7 heteroatoms. The zero-order valence-electron chi connectivity index (χ0n) is 13.6. The highest BCUT2D eigenvalue weighted by Gasteiger charge is 2.13. The molecule has 1 aromatic carbocycles. The molecule has 0 bridgehead atoms. The lowest BCUT2D eigenvalue weighted by Crippen LogP contribution is -2.16. The second-order valence-corrected chi connectivity index (χ2v) is 5.54. The zero-order chi connectivity index (χ0) is 17.0. The highest BCUT2D eigenvalue weighted by molar-refractivity contribution is 6.32. The molecular weight excluding hydrogens is 318 g/mol. The number of nitrogens with zero attached hydrogens (tertiary/aromatic N) is 2. The third-order valence-electron chi connectivity index (χ3n) is 3.40. The van der Waals surface area contributed by atoms with Gasteiger partial charge in [0.1, 0.15) is 11.5 Å². The largest absolute Gasteiger partial charge is 0.495 e. The van der Waals surface area contributed by atoms with Gasteiger partial charge in [0.05, 0.1) is 30.6 Å². The lowest BCUT2D eigenvalue weighted by atomic mass is 10.2. The summed E-state index contributed by atoms with van der Waals surface area (Å²) in [6.07, 6.45) is 0.302. The number of aryl methyl sites for hydroxylation is 3. The zero-order valence-corrected chi connectivity index (χ0v) is 14.4. The first-order chi connectivity index (χ1) is 10.9. The van der Waals surface area contributed by atoms with Crippen molar-refractivity contribution in [2.24, 2.45) is 0 Å². The van der Waals surface area contributed by atoms with Crippen LogP contribution in [0.5, 0.6) is 11.5 Å². The first-order valence-electron chi connectivity index (χ1n) is 7.17. The van der Waals surface area contributed by atoms with Crippen molar-refractivity contribution < 1.29 is 14.3 Å². The Kier molecular flexibility index (Phi) is 5.50. The SMILES string of the molecule is COc1cc(NC(=O)CCn2nc(C)cc2C)c(OC)cc1Cl. The molecule has 1 N–H and O–H groups in total. The average molecular weight is 338 g/mol. The van der Waals surface area contributed by atoms with Gasteiger partial charge in [-0.15, -0.1) is 0 Å². The van der Waals surface area contributed by atoms with Crippen LogP contribution in [0.15, 0.2) is 18.2 Å². The van der Waals surface area contributed by atoms with Gasteiger partial charge in [-0.25, -0.2) is 0 Å². The molecule has 6 nitrogen and oxygen atoms in total. The van der Waals surface area contributed by atoms with Gasteiger partial charge in [0.15, 0.2) is 0 Å². The van der Waals surface area contributed by atoms with Gasteiger partial charge in [-0.3, -0.25) is 9.48 Å². The second-order valence-electron chi connectivity index (χ2n) is 5.14. The highest BCUT2D eigenvalue weighted by Crippen LogP contribution is 2.35. The van der Waals surface area contributed by atoms with Gasteiger partial charge in [0.2, 0.25) is 5.91 Å². The number of hydrogen-bond acceptors (Lipinski definition) is 4. The summed E-state index contributed by atoms with van der Waals surface area (Å²) in [6.45, 7) is 4.40. The Labute approximate surface area is 140 Å². The molecule has 2 rings (SSSR count). The third-order valence-corrected chi connectivity index (χ3v) is 3.70. The van der Waals surface area contributed by atoms with Crippen molar-refractivity contribution in [3.63, 3.8) is 0 Å². The fourth-order valence-corrected chi connectivity index (χ4v) is 2.51. The summed E-state index contributed by atoms with van der Waals surface area (Å²) >= 11 is 6.05. The molecule has 0 fully saturated rings. The molecule has 1 aromatic heterocycles. The summed E-state index contributed by atoms with van der Waals surface area (Å²) in [7, 11) is 3.03. The van der Waals surface area contributed by atoms with Crippen molar-refractivity contribution in [3.8, 4) is 11.5 Å². The molecule has 2 aromatic rings. The average Bonchev–Trinajstić information content (AvgIpc) is 2.84. The fraction of sp³-hybridized carbons (Fsp3) is 0.375. The topological polar surface area (TPSA) is 65.4 Å². The molecule has 1 amide bonds. The van der Waals surface area contributed by atoms with E-state index in [1.54, 1.807) is 12.1 Å². The Morgan fingerprint density at radius 2 is 1.91 bits per heavy atom. The lowest BCUT2D eigenvalue weighted by molar-refractivity contribution is -0.116. The smallest absolute Gasteiger partial charge is 0.226 e. The van der Waals surface area contributed by atoms with Gasteiger partial charge in [-0.05, 0) is 19.9 Å². The van der Waals surface area contributed by atoms with Gasteiger partial charge >= 0.3 is 0 Å². The first kappa shape index (κ1) is 17.1.